The Bertz CT molecular complexity index is 335. The van der Waals surface area contributed by atoms with E-state index < -0.39 is 24.3 Å². The predicted octanol–water partition coefficient (Wildman–Crippen LogP) is 0.199. The summed E-state index contributed by atoms with van der Waals surface area (Å²) in [5.74, 6) is -5.51. The van der Waals surface area contributed by atoms with Crippen LogP contribution in [0.1, 0.15) is 0 Å². The normalized spacial score (nSPS) is 21.1. The van der Waals surface area contributed by atoms with E-state index in [0.29, 0.717) is 0 Å². The van der Waals surface area contributed by atoms with E-state index in [4.69, 9.17) is 30.3 Å². The number of nitrogens with one attached hydrogen (secondary N) is 1. The quantitative estimate of drug-likeness (QED) is 0.501. The second kappa shape index (κ2) is 9.42. The molecule has 132 valence electrons. The van der Waals surface area contributed by atoms with Crippen molar-refractivity contribution < 1.29 is 50.9 Å². The number of nitrogens with two attached hydrogens (primary N) is 1. The highest BCUT2D eigenvalue weighted by molar-refractivity contribution is 5.73. The maximum Gasteiger partial charge on any atom is 0.490 e. The number of aliphatic carboxylic acids is 2. The number of carbonyl (C=O) groups is 2. The van der Waals surface area contributed by atoms with Crippen LogP contribution < -0.4 is 11.1 Å². The van der Waals surface area contributed by atoms with Crippen molar-refractivity contribution in [3.8, 4) is 0 Å². The fourth-order valence-corrected chi connectivity index (χ4v) is 0.933. The third-order valence-corrected chi connectivity index (χ3v) is 1.99. The highest BCUT2D eigenvalue weighted by Crippen LogP contribution is 2.13. The summed E-state index contributed by atoms with van der Waals surface area (Å²) < 4.78 is 68.5. The van der Waals surface area contributed by atoms with Crippen LogP contribution in [0, 0.1) is 0 Å². The molecule has 0 aliphatic carbocycles. The maximum absolute atomic E-state index is 10.6. The van der Waals surface area contributed by atoms with E-state index in [0.717, 1.165) is 13.1 Å². The van der Waals surface area contributed by atoms with Crippen LogP contribution in [-0.2, 0) is 14.3 Å². The Morgan fingerprint density at radius 3 is 1.45 bits per heavy atom. The summed E-state index contributed by atoms with van der Waals surface area (Å²) in [4.78, 5) is 17.8. The van der Waals surface area contributed by atoms with E-state index in [-0.39, 0.29) is 12.1 Å². The Kier molecular flexibility index (Phi) is 9.71. The lowest BCUT2D eigenvalue weighted by molar-refractivity contribution is -0.193. The summed E-state index contributed by atoms with van der Waals surface area (Å²) >= 11 is 0. The molecule has 0 radical (unpaired) electrons. The van der Waals surface area contributed by atoms with Crippen molar-refractivity contribution in [3.63, 3.8) is 0 Å². The van der Waals surface area contributed by atoms with Crippen molar-refractivity contribution in [2.24, 2.45) is 5.73 Å². The SMILES string of the molecule is CO[C@@H]1CNC[C@H]1N.O=C(O)C(F)(F)F.O=C(O)C(F)(F)F. The molecular weight excluding hydrogens is 330 g/mol. The molecule has 22 heavy (non-hydrogen) atoms. The van der Waals surface area contributed by atoms with Crippen LogP contribution in [0.5, 0.6) is 0 Å². The number of carboxylic acid groups (broad SMARTS) is 2. The molecule has 0 unspecified atom stereocenters. The van der Waals surface area contributed by atoms with Gasteiger partial charge in [0.05, 0.1) is 6.10 Å². The number of ether oxygens (including phenoxy) is 1. The van der Waals surface area contributed by atoms with E-state index >= 15 is 0 Å². The highest BCUT2D eigenvalue weighted by atomic mass is 19.4. The first-order valence-corrected chi connectivity index (χ1v) is 5.32. The van der Waals surface area contributed by atoms with Crippen molar-refractivity contribution in [3.05, 3.63) is 0 Å². The molecule has 0 aromatic heterocycles. The summed E-state index contributed by atoms with van der Waals surface area (Å²) in [6, 6.07) is 0.194. The number of alkyl halides is 6. The zero-order chi connectivity index (χ0) is 18.1. The van der Waals surface area contributed by atoms with E-state index in [9.17, 15) is 26.3 Å². The number of halogens is 6. The molecule has 0 aromatic carbocycles. The average Bonchev–Trinajstić information content (AvgIpc) is 2.73. The Morgan fingerprint density at radius 2 is 1.36 bits per heavy atom. The van der Waals surface area contributed by atoms with Gasteiger partial charge in [-0.15, -0.1) is 0 Å². The van der Waals surface area contributed by atoms with Gasteiger partial charge < -0.3 is 26.0 Å². The molecular formula is C9H14F6N2O5. The Balaban J connectivity index is 0. The van der Waals surface area contributed by atoms with Gasteiger partial charge in [0.1, 0.15) is 0 Å². The first-order chi connectivity index (χ1) is 9.73. The monoisotopic (exact) mass is 344 g/mol. The molecule has 2 atom stereocenters. The van der Waals surface area contributed by atoms with Gasteiger partial charge in [-0.2, -0.15) is 26.3 Å². The molecule has 5 N–H and O–H groups in total. The molecule has 0 amide bonds. The molecule has 1 saturated heterocycles. The van der Waals surface area contributed by atoms with Crippen LogP contribution in [-0.4, -0.2) is 66.8 Å². The molecule has 0 saturated carbocycles. The second-order valence-corrected chi connectivity index (χ2v) is 3.70. The minimum absolute atomic E-state index is 0.194. The van der Waals surface area contributed by atoms with Gasteiger partial charge in [-0.25, -0.2) is 9.59 Å². The molecule has 1 heterocycles. The van der Waals surface area contributed by atoms with Crippen molar-refractivity contribution in [1.82, 2.24) is 5.32 Å². The lowest BCUT2D eigenvalue weighted by Crippen LogP contribution is -2.34. The predicted molar refractivity (Wildman–Crippen MR) is 59.0 cm³/mol. The van der Waals surface area contributed by atoms with Gasteiger partial charge in [-0.3, -0.25) is 0 Å². The van der Waals surface area contributed by atoms with E-state index in [1.54, 1.807) is 7.11 Å². The molecule has 1 aliphatic rings. The number of carboxylic acids is 2. The van der Waals surface area contributed by atoms with Gasteiger partial charge in [0, 0.05) is 26.2 Å². The van der Waals surface area contributed by atoms with Gasteiger partial charge >= 0.3 is 24.3 Å². The smallest absolute Gasteiger partial charge is 0.475 e. The molecule has 0 aromatic rings. The summed E-state index contributed by atoms with van der Waals surface area (Å²) in [5, 5.41) is 17.4. The van der Waals surface area contributed by atoms with Crippen LogP contribution in [0.2, 0.25) is 0 Å². The minimum Gasteiger partial charge on any atom is -0.475 e. The van der Waals surface area contributed by atoms with Crippen LogP contribution in [0.4, 0.5) is 26.3 Å². The molecule has 7 nitrogen and oxygen atoms in total. The van der Waals surface area contributed by atoms with E-state index in [1.807, 2.05) is 0 Å². The van der Waals surface area contributed by atoms with Crippen molar-refractivity contribution in [2.45, 2.75) is 24.5 Å². The zero-order valence-corrected chi connectivity index (χ0v) is 11.0. The van der Waals surface area contributed by atoms with E-state index in [2.05, 4.69) is 5.32 Å². The topological polar surface area (TPSA) is 122 Å². The van der Waals surface area contributed by atoms with Crippen LogP contribution in [0.15, 0.2) is 0 Å². The second-order valence-electron chi connectivity index (χ2n) is 3.70. The van der Waals surface area contributed by atoms with Crippen LogP contribution >= 0.6 is 0 Å². The maximum atomic E-state index is 10.6. The average molecular weight is 344 g/mol. The first-order valence-electron chi connectivity index (χ1n) is 5.32. The number of hydrogen-bond donors (Lipinski definition) is 4. The van der Waals surface area contributed by atoms with Crippen molar-refractivity contribution >= 4 is 11.9 Å². The van der Waals surface area contributed by atoms with Crippen molar-refractivity contribution in [2.75, 3.05) is 20.2 Å². The van der Waals surface area contributed by atoms with Gasteiger partial charge in [-0.1, -0.05) is 0 Å². The van der Waals surface area contributed by atoms with Crippen LogP contribution in [0.3, 0.4) is 0 Å². The molecule has 1 rings (SSSR count). The summed E-state index contributed by atoms with van der Waals surface area (Å²) in [6.07, 6.45) is -9.94. The first kappa shape index (κ1) is 22.7. The molecule has 13 heteroatoms. The molecule has 0 bridgehead atoms. The Morgan fingerprint density at radius 1 is 1.05 bits per heavy atom. The van der Waals surface area contributed by atoms with Gasteiger partial charge in [0.2, 0.25) is 0 Å². The third kappa shape index (κ3) is 11.1. The fourth-order valence-electron chi connectivity index (χ4n) is 0.933. The number of methoxy groups -OCH3 is 1. The lowest BCUT2D eigenvalue weighted by Gasteiger charge is -2.10. The largest absolute Gasteiger partial charge is 0.490 e. The summed E-state index contributed by atoms with van der Waals surface area (Å²) in [5.41, 5.74) is 5.60. The van der Waals surface area contributed by atoms with Crippen LogP contribution in [0.25, 0.3) is 0 Å². The minimum atomic E-state index is -5.08. The lowest BCUT2D eigenvalue weighted by atomic mass is 10.2. The van der Waals surface area contributed by atoms with Gasteiger partial charge in [-0.05, 0) is 0 Å². The van der Waals surface area contributed by atoms with Gasteiger partial charge in [0.15, 0.2) is 0 Å². The fraction of sp³-hybridized carbons (Fsp3) is 0.778. The Hall–Kier alpha value is -1.60. The number of rotatable bonds is 1. The van der Waals surface area contributed by atoms with Gasteiger partial charge in [0.25, 0.3) is 0 Å². The summed E-state index contributed by atoms with van der Waals surface area (Å²) in [6.45, 7) is 1.79. The van der Waals surface area contributed by atoms with E-state index in [1.165, 1.54) is 0 Å². The molecule has 1 fully saturated rings. The van der Waals surface area contributed by atoms with Crippen molar-refractivity contribution in [1.29, 1.82) is 0 Å². The molecule has 1 aliphatic heterocycles. The standard InChI is InChI=1S/C5H12N2O.2C2HF3O2/c1-8-5-3-7-2-4(5)6;2*3-2(4,5)1(6)7/h4-5,7H,2-3,6H2,1H3;2*(H,6,7)/t4-,5-;;/m1../s1. The third-order valence-electron chi connectivity index (χ3n) is 1.99. The zero-order valence-electron chi connectivity index (χ0n) is 11.0. The molecule has 0 spiro atoms. The number of hydrogen-bond acceptors (Lipinski definition) is 5. The summed E-state index contributed by atoms with van der Waals surface area (Å²) in [7, 11) is 1.69. The highest BCUT2D eigenvalue weighted by Gasteiger charge is 2.38. The Labute approximate surface area is 120 Å².